The van der Waals surface area contributed by atoms with Crippen molar-refractivity contribution in [2.75, 3.05) is 0 Å². The smallest absolute Gasteiger partial charge is 0.870 e. The molecule has 1 aliphatic carbocycles. The molecule has 1 unspecified atom stereocenters. The first kappa shape index (κ1) is 24.5. The van der Waals surface area contributed by atoms with Crippen LogP contribution in [0.25, 0.3) is 5.57 Å². The van der Waals surface area contributed by atoms with Crippen molar-refractivity contribution in [2.24, 2.45) is 0 Å². The summed E-state index contributed by atoms with van der Waals surface area (Å²) in [6.45, 7) is 9.79. The summed E-state index contributed by atoms with van der Waals surface area (Å²) in [6.07, 6.45) is 5.90. The fraction of sp³-hybridized carbons (Fsp3) is 0.611. The molecule has 1 aromatic rings. The van der Waals surface area contributed by atoms with Gasteiger partial charge < -0.3 is 15.3 Å². The molecule has 130 valence electrons. The number of allylic oxidation sites excluding steroid dienone is 2. The molecular weight excluding hydrogens is 351 g/mol. The first-order valence-corrected chi connectivity index (χ1v) is 8.72. The molecule has 2 N–H and O–H groups in total. The van der Waals surface area contributed by atoms with Crippen molar-refractivity contribution in [1.29, 1.82) is 0 Å². The van der Waals surface area contributed by atoms with E-state index in [0.717, 1.165) is 28.8 Å². The molecular formula is C18H27KO4S. The molecule has 1 heterocycles. The Balaban J connectivity index is 0.00000264. The molecule has 0 saturated heterocycles. The van der Waals surface area contributed by atoms with E-state index in [1.165, 1.54) is 23.3 Å². The Kier molecular flexibility index (Phi) is 10.2. The largest absolute Gasteiger partial charge is 1.00 e. The molecule has 0 fully saturated rings. The van der Waals surface area contributed by atoms with Crippen LogP contribution in [0.2, 0.25) is 0 Å². The number of carboxylic acid groups (broad SMARTS) is 1. The zero-order chi connectivity index (χ0) is 16.5. The molecule has 1 aromatic heterocycles. The van der Waals surface area contributed by atoms with Gasteiger partial charge in [-0.1, -0.05) is 6.08 Å². The van der Waals surface area contributed by atoms with E-state index in [9.17, 15) is 9.90 Å². The third-order valence-corrected chi connectivity index (χ3v) is 4.91. The molecule has 6 heteroatoms. The molecule has 0 aromatic carbocycles. The van der Waals surface area contributed by atoms with Crippen molar-refractivity contribution < 1.29 is 71.5 Å². The van der Waals surface area contributed by atoms with E-state index >= 15 is 0 Å². The Bertz CT molecular complexity index is 599. The summed E-state index contributed by atoms with van der Waals surface area (Å²) in [4.78, 5) is 14.1. The van der Waals surface area contributed by atoms with Crippen LogP contribution in [0, 0.1) is 13.8 Å². The molecule has 0 radical (unpaired) electrons. The van der Waals surface area contributed by atoms with E-state index in [0.29, 0.717) is 0 Å². The molecule has 0 spiro atoms. The van der Waals surface area contributed by atoms with Gasteiger partial charge >= 0.3 is 57.4 Å². The average molecular weight is 379 g/mol. The van der Waals surface area contributed by atoms with Gasteiger partial charge in [-0.05, 0) is 71.4 Å². The second kappa shape index (κ2) is 9.97. The summed E-state index contributed by atoms with van der Waals surface area (Å²) < 4.78 is 5.89. The zero-order valence-corrected chi connectivity index (χ0v) is 19.5. The van der Waals surface area contributed by atoms with E-state index in [2.05, 4.69) is 13.0 Å². The van der Waals surface area contributed by atoms with Crippen molar-refractivity contribution in [3.8, 4) is 0 Å². The Morgan fingerprint density at radius 3 is 2.33 bits per heavy atom. The van der Waals surface area contributed by atoms with Gasteiger partial charge in [0.15, 0.2) is 6.10 Å². The maximum absolute atomic E-state index is 11.8. The molecule has 0 bridgehead atoms. The second-order valence-corrected chi connectivity index (χ2v) is 8.36. The summed E-state index contributed by atoms with van der Waals surface area (Å²) in [5.74, 6) is -0.909. The molecule has 1 atom stereocenters. The van der Waals surface area contributed by atoms with Gasteiger partial charge in [0.1, 0.15) is 0 Å². The van der Waals surface area contributed by atoms with Gasteiger partial charge in [-0.2, -0.15) is 0 Å². The standard InChI is InChI=1S/C18H26O3S.K.H2O/c1-11-14(13-9-7-6-8-10-13)15(12(2)22-11)16(17(19)20)21-18(3,4)5;;/h9,16H,6-8,10H2,1-5H3,(H,19,20);;1H2/q;+1;/p-1. The minimum absolute atomic E-state index is 0. The third kappa shape index (κ3) is 6.02. The molecule has 0 amide bonds. The number of thiophene rings is 1. The molecule has 0 saturated carbocycles. The zero-order valence-electron chi connectivity index (χ0n) is 15.6. The number of hydrogen-bond donors (Lipinski definition) is 1. The number of hydrogen-bond acceptors (Lipinski definition) is 4. The first-order chi connectivity index (χ1) is 10.2. The van der Waals surface area contributed by atoms with Crippen molar-refractivity contribution in [1.82, 2.24) is 0 Å². The van der Waals surface area contributed by atoms with Crippen LogP contribution in [-0.4, -0.2) is 22.2 Å². The topological polar surface area (TPSA) is 76.5 Å². The number of carboxylic acids is 1. The van der Waals surface area contributed by atoms with Gasteiger partial charge in [-0.3, -0.25) is 0 Å². The van der Waals surface area contributed by atoms with Crippen LogP contribution in [0.3, 0.4) is 0 Å². The summed E-state index contributed by atoms with van der Waals surface area (Å²) >= 11 is 1.68. The fourth-order valence-corrected chi connectivity index (χ4v) is 4.19. The van der Waals surface area contributed by atoms with E-state index in [4.69, 9.17) is 4.74 Å². The van der Waals surface area contributed by atoms with Crippen molar-refractivity contribution >= 4 is 22.9 Å². The molecule has 0 aliphatic heterocycles. The second-order valence-electron chi connectivity index (χ2n) is 6.93. The van der Waals surface area contributed by atoms with Gasteiger partial charge in [-0.25, -0.2) is 4.79 Å². The monoisotopic (exact) mass is 378 g/mol. The van der Waals surface area contributed by atoms with Crippen LogP contribution in [0.15, 0.2) is 6.08 Å². The van der Waals surface area contributed by atoms with Crippen LogP contribution in [0.1, 0.15) is 73.4 Å². The summed E-state index contributed by atoms with van der Waals surface area (Å²) in [7, 11) is 0. The van der Waals surface area contributed by atoms with Crippen LogP contribution in [0.5, 0.6) is 0 Å². The predicted molar refractivity (Wildman–Crippen MR) is 93.4 cm³/mol. The van der Waals surface area contributed by atoms with Crippen LogP contribution in [0.4, 0.5) is 0 Å². The Labute approximate surface area is 191 Å². The number of rotatable bonds is 4. The Hall–Kier alpha value is 0.466. The summed E-state index contributed by atoms with van der Waals surface area (Å²) in [6, 6.07) is 0. The minimum atomic E-state index is -0.909. The van der Waals surface area contributed by atoms with Gasteiger partial charge in [0.05, 0.1) is 5.60 Å². The fourth-order valence-electron chi connectivity index (χ4n) is 3.07. The van der Waals surface area contributed by atoms with Gasteiger partial charge in [0, 0.05) is 15.3 Å². The van der Waals surface area contributed by atoms with E-state index in [1.807, 2.05) is 27.7 Å². The SMILES string of the molecule is Cc1sc(C)c(C(OC(C)(C)C)C(=O)O)c1C1=CCCCC1.[K+].[OH-]. The van der Waals surface area contributed by atoms with Crippen LogP contribution in [-0.2, 0) is 9.53 Å². The number of carbonyl (C=O) groups is 1. The maximum atomic E-state index is 11.8. The molecule has 1 aliphatic rings. The van der Waals surface area contributed by atoms with Crippen molar-refractivity contribution in [3.05, 3.63) is 27.0 Å². The number of ether oxygens (including phenoxy) is 1. The summed E-state index contributed by atoms with van der Waals surface area (Å²) in [5, 5.41) is 9.71. The summed E-state index contributed by atoms with van der Waals surface area (Å²) in [5.41, 5.74) is 2.78. The van der Waals surface area contributed by atoms with Crippen molar-refractivity contribution in [2.45, 2.75) is 72.0 Å². The van der Waals surface area contributed by atoms with Crippen LogP contribution >= 0.6 is 11.3 Å². The quantitative estimate of drug-likeness (QED) is 0.814. The molecule has 4 nitrogen and oxygen atoms in total. The number of aliphatic carboxylic acids is 1. The van der Waals surface area contributed by atoms with Crippen molar-refractivity contribution in [3.63, 3.8) is 0 Å². The van der Waals surface area contributed by atoms with Gasteiger partial charge in [-0.15, -0.1) is 11.3 Å². The van der Waals surface area contributed by atoms with Gasteiger partial charge in [0.2, 0.25) is 0 Å². The van der Waals surface area contributed by atoms with E-state index in [-0.39, 0.29) is 56.9 Å². The average Bonchev–Trinajstić information content (AvgIpc) is 2.70. The van der Waals surface area contributed by atoms with E-state index in [1.54, 1.807) is 11.3 Å². The van der Waals surface area contributed by atoms with Gasteiger partial charge in [0.25, 0.3) is 0 Å². The maximum Gasteiger partial charge on any atom is 1.00 e. The van der Waals surface area contributed by atoms with E-state index < -0.39 is 17.7 Å². The van der Waals surface area contributed by atoms with Crippen LogP contribution < -0.4 is 51.4 Å². The Morgan fingerprint density at radius 1 is 1.25 bits per heavy atom. The minimum Gasteiger partial charge on any atom is -0.870 e. The first-order valence-electron chi connectivity index (χ1n) is 7.90. The molecule has 2 rings (SSSR count). The number of aryl methyl sites for hydroxylation is 2. The Morgan fingerprint density at radius 2 is 1.88 bits per heavy atom. The third-order valence-electron chi connectivity index (χ3n) is 3.88. The predicted octanol–water partition coefficient (Wildman–Crippen LogP) is 2.09. The molecule has 24 heavy (non-hydrogen) atoms. The normalized spacial score (nSPS) is 15.8.